The highest BCUT2D eigenvalue weighted by atomic mass is 32.2. The summed E-state index contributed by atoms with van der Waals surface area (Å²) in [5.41, 5.74) is -1.36. The summed E-state index contributed by atoms with van der Waals surface area (Å²) < 4.78 is 78.7. The lowest BCUT2D eigenvalue weighted by molar-refractivity contribution is -0.137. The molecule has 0 aliphatic heterocycles. The molecule has 0 aliphatic rings. The Morgan fingerprint density at radius 2 is 1.68 bits per heavy atom. The molecule has 0 atom stereocenters. The minimum atomic E-state index is -4.77. The highest BCUT2D eigenvalue weighted by Crippen LogP contribution is 2.35. The van der Waals surface area contributed by atoms with Crippen molar-refractivity contribution in [2.75, 3.05) is 36.9 Å². The normalized spacial score (nSPS) is 11.3. The van der Waals surface area contributed by atoms with Crippen molar-refractivity contribution in [3.8, 4) is 11.5 Å². The van der Waals surface area contributed by atoms with Gasteiger partial charge in [-0.25, -0.2) is 8.42 Å². The summed E-state index contributed by atoms with van der Waals surface area (Å²) >= 11 is 0. The molecule has 40 heavy (non-hydrogen) atoms. The number of carbonyl (C=O) groups excluding carboxylic acids is 2. The fourth-order valence-electron chi connectivity index (χ4n) is 3.63. The standard InChI is InChI=1S/C27H26F3N3O6S/c1-4-14-31-26(35)21-10-5-6-11-22(21)32-25(34)17-33(19-9-7-8-18(15-19)27(28,29)30)40(36,37)20-12-13-23(38-2)24(16-20)39-3/h4-13,15-16H,1,14,17H2,2-3H3,(H,31,35)(H,32,34). The number of hydrogen-bond donors (Lipinski definition) is 2. The van der Waals surface area contributed by atoms with Crippen LogP contribution in [0.1, 0.15) is 15.9 Å². The summed E-state index contributed by atoms with van der Waals surface area (Å²) in [6.07, 6.45) is -3.31. The molecular formula is C27H26F3N3O6S. The van der Waals surface area contributed by atoms with Crippen LogP contribution in [0.5, 0.6) is 11.5 Å². The minimum absolute atomic E-state index is 0.0523. The molecule has 3 aromatic carbocycles. The smallest absolute Gasteiger partial charge is 0.416 e. The van der Waals surface area contributed by atoms with E-state index in [0.29, 0.717) is 10.4 Å². The number of ether oxygens (including phenoxy) is 2. The minimum Gasteiger partial charge on any atom is -0.493 e. The van der Waals surface area contributed by atoms with E-state index in [0.717, 1.165) is 24.3 Å². The Morgan fingerprint density at radius 3 is 2.33 bits per heavy atom. The highest BCUT2D eigenvalue weighted by molar-refractivity contribution is 7.92. The van der Waals surface area contributed by atoms with Gasteiger partial charge in [-0.15, -0.1) is 6.58 Å². The van der Waals surface area contributed by atoms with Gasteiger partial charge < -0.3 is 20.1 Å². The van der Waals surface area contributed by atoms with Gasteiger partial charge in [0.05, 0.1) is 41.6 Å². The molecule has 3 rings (SSSR count). The number of methoxy groups -OCH3 is 2. The molecule has 0 saturated carbocycles. The van der Waals surface area contributed by atoms with E-state index in [9.17, 15) is 31.2 Å². The fraction of sp³-hybridized carbons (Fsp3) is 0.185. The average molecular weight is 578 g/mol. The van der Waals surface area contributed by atoms with Crippen LogP contribution in [0.2, 0.25) is 0 Å². The van der Waals surface area contributed by atoms with Crippen LogP contribution in [-0.4, -0.2) is 47.5 Å². The first-order chi connectivity index (χ1) is 18.9. The Labute approximate surface area is 229 Å². The van der Waals surface area contributed by atoms with Crippen molar-refractivity contribution in [2.45, 2.75) is 11.1 Å². The second kappa shape index (κ2) is 12.6. The number of alkyl halides is 3. The first-order valence-electron chi connectivity index (χ1n) is 11.6. The van der Waals surface area contributed by atoms with E-state index in [1.54, 1.807) is 12.1 Å². The van der Waals surface area contributed by atoms with E-state index in [2.05, 4.69) is 17.2 Å². The van der Waals surface area contributed by atoms with Crippen molar-refractivity contribution in [1.82, 2.24) is 5.32 Å². The summed E-state index contributed by atoms with van der Waals surface area (Å²) in [5.74, 6) is -1.17. The maximum Gasteiger partial charge on any atom is 0.416 e. The van der Waals surface area contributed by atoms with Gasteiger partial charge in [0.15, 0.2) is 11.5 Å². The third-order valence-corrected chi connectivity index (χ3v) is 7.31. The van der Waals surface area contributed by atoms with Crippen molar-refractivity contribution in [3.05, 3.63) is 90.5 Å². The molecule has 0 spiro atoms. The number of anilines is 2. The van der Waals surface area contributed by atoms with Crippen LogP contribution in [0, 0.1) is 0 Å². The molecule has 0 aliphatic carbocycles. The second-order valence-electron chi connectivity index (χ2n) is 8.17. The number of benzene rings is 3. The van der Waals surface area contributed by atoms with Crippen molar-refractivity contribution >= 4 is 33.2 Å². The number of nitrogens with zero attached hydrogens (tertiary/aromatic N) is 1. The molecule has 0 fully saturated rings. The van der Waals surface area contributed by atoms with Gasteiger partial charge in [0, 0.05) is 12.6 Å². The molecule has 0 radical (unpaired) electrons. The largest absolute Gasteiger partial charge is 0.493 e. The van der Waals surface area contributed by atoms with Crippen LogP contribution >= 0.6 is 0 Å². The Bertz CT molecular complexity index is 1510. The molecule has 9 nitrogen and oxygen atoms in total. The summed E-state index contributed by atoms with van der Waals surface area (Å²) in [5, 5.41) is 5.05. The summed E-state index contributed by atoms with van der Waals surface area (Å²) in [7, 11) is -1.99. The van der Waals surface area contributed by atoms with Gasteiger partial charge in [-0.2, -0.15) is 13.2 Å². The number of rotatable bonds is 11. The molecule has 0 bridgehead atoms. The molecule has 13 heteroatoms. The van der Waals surface area contributed by atoms with Crippen molar-refractivity contribution in [1.29, 1.82) is 0 Å². The number of halogens is 3. The third kappa shape index (κ3) is 6.91. The van der Waals surface area contributed by atoms with Crippen LogP contribution in [0.15, 0.2) is 84.3 Å². The summed E-state index contributed by atoms with van der Waals surface area (Å²) in [6.45, 7) is 2.76. The molecule has 3 aromatic rings. The highest BCUT2D eigenvalue weighted by Gasteiger charge is 2.33. The zero-order valence-corrected chi connectivity index (χ0v) is 22.3. The Morgan fingerprint density at radius 1 is 0.975 bits per heavy atom. The van der Waals surface area contributed by atoms with Crippen LogP contribution in [-0.2, 0) is 21.0 Å². The van der Waals surface area contributed by atoms with Crippen LogP contribution in [0.25, 0.3) is 0 Å². The van der Waals surface area contributed by atoms with Gasteiger partial charge >= 0.3 is 6.18 Å². The Hall–Kier alpha value is -4.52. The third-order valence-electron chi connectivity index (χ3n) is 5.54. The van der Waals surface area contributed by atoms with E-state index in [-0.39, 0.29) is 34.2 Å². The van der Waals surface area contributed by atoms with E-state index in [1.165, 1.54) is 44.6 Å². The van der Waals surface area contributed by atoms with Gasteiger partial charge in [-0.3, -0.25) is 13.9 Å². The van der Waals surface area contributed by atoms with E-state index >= 15 is 0 Å². The summed E-state index contributed by atoms with van der Waals surface area (Å²) in [4.78, 5) is 25.3. The number of carbonyl (C=O) groups is 2. The van der Waals surface area contributed by atoms with Crippen molar-refractivity contribution in [2.24, 2.45) is 0 Å². The SMILES string of the molecule is C=CCNC(=O)c1ccccc1NC(=O)CN(c1cccc(C(F)(F)F)c1)S(=O)(=O)c1ccc(OC)c(OC)c1. The topological polar surface area (TPSA) is 114 Å². The molecule has 2 amide bonds. The maximum absolute atomic E-state index is 13.7. The quantitative estimate of drug-likeness (QED) is 0.325. The zero-order chi connectivity index (χ0) is 29.5. The van der Waals surface area contributed by atoms with Crippen LogP contribution < -0.4 is 24.4 Å². The summed E-state index contributed by atoms with van der Waals surface area (Å²) in [6, 6.07) is 13.2. The van der Waals surface area contributed by atoms with Crippen LogP contribution in [0.3, 0.4) is 0 Å². The van der Waals surface area contributed by atoms with E-state index < -0.39 is 45.8 Å². The molecular weight excluding hydrogens is 551 g/mol. The number of sulfonamides is 1. The van der Waals surface area contributed by atoms with Gasteiger partial charge in [0.1, 0.15) is 6.54 Å². The number of amides is 2. The Kier molecular flexibility index (Phi) is 9.43. The first kappa shape index (κ1) is 30.0. The predicted octanol–water partition coefficient (Wildman–Crippen LogP) is 4.47. The van der Waals surface area contributed by atoms with Gasteiger partial charge in [0.25, 0.3) is 15.9 Å². The average Bonchev–Trinajstić information content (AvgIpc) is 2.94. The van der Waals surface area contributed by atoms with Gasteiger partial charge in [-0.1, -0.05) is 24.3 Å². The molecule has 212 valence electrons. The van der Waals surface area contributed by atoms with E-state index in [4.69, 9.17) is 9.47 Å². The zero-order valence-electron chi connectivity index (χ0n) is 21.5. The first-order valence-corrected chi connectivity index (χ1v) is 13.1. The van der Waals surface area contributed by atoms with Gasteiger partial charge in [-0.05, 0) is 42.5 Å². The van der Waals surface area contributed by atoms with Crippen molar-refractivity contribution < 1.29 is 40.7 Å². The van der Waals surface area contributed by atoms with Crippen LogP contribution in [0.4, 0.5) is 24.5 Å². The maximum atomic E-state index is 13.7. The number of nitrogens with one attached hydrogen (secondary N) is 2. The van der Waals surface area contributed by atoms with Gasteiger partial charge in [0.2, 0.25) is 5.91 Å². The predicted molar refractivity (Wildman–Crippen MR) is 143 cm³/mol. The Balaban J connectivity index is 2.04. The fourth-order valence-corrected chi connectivity index (χ4v) is 5.06. The molecule has 0 aromatic heterocycles. The van der Waals surface area contributed by atoms with Crippen molar-refractivity contribution in [3.63, 3.8) is 0 Å². The molecule has 0 unspecified atom stereocenters. The monoisotopic (exact) mass is 577 g/mol. The lowest BCUT2D eigenvalue weighted by atomic mass is 10.1. The lowest BCUT2D eigenvalue weighted by Gasteiger charge is -2.25. The lowest BCUT2D eigenvalue weighted by Crippen LogP contribution is -2.38. The van der Waals surface area contributed by atoms with E-state index in [1.807, 2.05) is 0 Å². The molecule has 2 N–H and O–H groups in total. The number of para-hydroxylation sites is 1. The number of hydrogen-bond acceptors (Lipinski definition) is 6. The molecule has 0 saturated heterocycles. The second-order valence-corrected chi connectivity index (χ2v) is 10.0. The molecule has 0 heterocycles.